The third kappa shape index (κ3) is 4.83. The lowest BCUT2D eigenvalue weighted by Gasteiger charge is -2.31. The van der Waals surface area contributed by atoms with Gasteiger partial charge in [0.2, 0.25) is 0 Å². The number of nitrogens with one attached hydrogen (secondary N) is 1. The van der Waals surface area contributed by atoms with Gasteiger partial charge < -0.3 is 10.1 Å². The molecule has 140 valence electrons. The Morgan fingerprint density at radius 2 is 1.80 bits per heavy atom. The lowest BCUT2D eigenvalue weighted by molar-refractivity contribution is -0.159. The zero-order valence-electron chi connectivity index (χ0n) is 16.3. The summed E-state index contributed by atoms with van der Waals surface area (Å²) in [7, 11) is 1.81. The highest BCUT2D eigenvalue weighted by Gasteiger charge is 2.35. The molecule has 6 nitrogen and oxygen atoms in total. The molecule has 0 unspecified atom stereocenters. The maximum Gasteiger partial charge on any atom is 0.329 e. The first-order valence-corrected chi connectivity index (χ1v) is 9.14. The Balaban J connectivity index is 2.22. The molecule has 1 fully saturated rings. The summed E-state index contributed by atoms with van der Waals surface area (Å²) >= 11 is 0. The van der Waals surface area contributed by atoms with Crippen LogP contribution in [0.5, 0.6) is 0 Å². The Morgan fingerprint density at radius 1 is 1.20 bits per heavy atom. The molecule has 1 aliphatic carbocycles. The van der Waals surface area contributed by atoms with Crippen molar-refractivity contribution in [2.75, 3.05) is 0 Å². The van der Waals surface area contributed by atoms with Crippen molar-refractivity contribution in [1.29, 1.82) is 0 Å². The van der Waals surface area contributed by atoms with Crippen molar-refractivity contribution in [2.45, 2.75) is 78.4 Å². The smallest absolute Gasteiger partial charge is 0.329 e. The number of hydrogen-bond donors (Lipinski definition) is 1. The van der Waals surface area contributed by atoms with E-state index in [1.54, 1.807) is 4.68 Å². The highest BCUT2D eigenvalue weighted by Crippen LogP contribution is 2.28. The fourth-order valence-electron chi connectivity index (χ4n) is 3.52. The molecule has 1 N–H and O–H groups in total. The summed E-state index contributed by atoms with van der Waals surface area (Å²) < 4.78 is 7.27. The van der Waals surface area contributed by atoms with Crippen molar-refractivity contribution in [2.24, 2.45) is 13.0 Å². The molecule has 0 radical (unpaired) electrons. The summed E-state index contributed by atoms with van der Waals surface area (Å²) in [6.07, 6.45) is 5.24. The number of aryl methyl sites for hydroxylation is 2. The van der Waals surface area contributed by atoms with Gasteiger partial charge in [-0.1, -0.05) is 19.3 Å². The van der Waals surface area contributed by atoms with Crippen molar-refractivity contribution in [3.63, 3.8) is 0 Å². The van der Waals surface area contributed by atoms with E-state index in [9.17, 15) is 9.59 Å². The topological polar surface area (TPSA) is 73.2 Å². The highest BCUT2D eigenvalue weighted by molar-refractivity contribution is 5.98. The Hall–Kier alpha value is -1.85. The van der Waals surface area contributed by atoms with Crippen LogP contribution in [-0.2, 0) is 16.6 Å². The first-order chi connectivity index (χ1) is 11.6. The van der Waals surface area contributed by atoms with E-state index in [-0.39, 0.29) is 17.8 Å². The molecular formula is C19H31N3O3. The van der Waals surface area contributed by atoms with Crippen molar-refractivity contribution < 1.29 is 14.3 Å². The summed E-state index contributed by atoms with van der Waals surface area (Å²) in [6, 6.07) is -0.606. The highest BCUT2D eigenvalue weighted by atomic mass is 16.6. The number of amides is 1. The normalized spacial score (nSPS) is 17.2. The molecule has 0 aromatic carbocycles. The molecule has 1 heterocycles. The Kier molecular flexibility index (Phi) is 5.91. The second kappa shape index (κ2) is 7.58. The van der Waals surface area contributed by atoms with E-state index in [1.807, 2.05) is 41.7 Å². The molecule has 6 heteroatoms. The number of aromatic nitrogens is 2. The number of carbonyl (C=O) groups excluding carboxylic acids is 2. The van der Waals surface area contributed by atoms with Crippen LogP contribution in [0.2, 0.25) is 0 Å². The Morgan fingerprint density at radius 3 is 2.28 bits per heavy atom. The van der Waals surface area contributed by atoms with Crippen LogP contribution in [0.3, 0.4) is 0 Å². The summed E-state index contributed by atoms with van der Waals surface area (Å²) in [5.41, 5.74) is 1.44. The molecule has 1 aromatic rings. The van der Waals surface area contributed by atoms with Crippen LogP contribution in [0.15, 0.2) is 0 Å². The molecule has 0 aliphatic heterocycles. The Bertz CT molecular complexity index is 637. The van der Waals surface area contributed by atoms with Crippen LogP contribution in [0.25, 0.3) is 0 Å². The van der Waals surface area contributed by atoms with Gasteiger partial charge in [0.05, 0.1) is 11.3 Å². The van der Waals surface area contributed by atoms with Gasteiger partial charge in [-0.25, -0.2) is 4.79 Å². The maximum atomic E-state index is 12.9. The maximum absolute atomic E-state index is 12.9. The Labute approximate surface area is 150 Å². The minimum atomic E-state index is -0.606. The minimum Gasteiger partial charge on any atom is -0.458 e. The fourth-order valence-corrected chi connectivity index (χ4v) is 3.52. The first kappa shape index (κ1) is 19.5. The monoisotopic (exact) mass is 349 g/mol. The third-order valence-electron chi connectivity index (χ3n) is 4.80. The molecule has 2 rings (SSSR count). The largest absolute Gasteiger partial charge is 0.458 e. The average Bonchev–Trinajstić information content (AvgIpc) is 2.76. The quantitative estimate of drug-likeness (QED) is 0.848. The van der Waals surface area contributed by atoms with Crippen LogP contribution in [0.4, 0.5) is 0 Å². The molecule has 25 heavy (non-hydrogen) atoms. The molecular weight excluding hydrogens is 318 g/mol. The van der Waals surface area contributed by atoms with E-state index in [0.717, 1.165) is 31.4 Å². The fraction of sp³-hybridized carbons (Fsp3) is 0.737. The van der Waals surface area contributed by atoms with Gasteiger partial charge in [-0.3, -0.25) is 9.48 Å². The molecule has 0 bridgehead atoms. The molecule has 0 saturated heterocycles. The van der Waals surface area contributed by atoms with Gasteiger partial charge in [0, 0.05) is 12.7 Å². The van der Waals surface area contributed by atoms with Crippen LogP contribution < -0.4 is 5.32 Å². The van der Waals surface area contributed by atoms with Crippen LogP contribution >= 0.6 is 0 Å². The van der Waals surface area contributed by atoms with Crippen molar-refractivity contribution >= 4 is 11.9 Å². The SMILES string of the molecule is Cc1nn(C)c(C)c1C(=O)N[C@H](C(=O)OC(C)(C)C)C1CCCCC1. The number of nitrogens with zero attached hydrogens (tertiary/aromatic N) is 2. The first-order valence-electron chi connectivity index (χ1n) is 9.14. The van der Waals surface area contributed by atoms with E-state index in [4.69, 9.17) is 4.74 Å². The molecule has 0 spiro atoms. The van der Waals surface area contributed by atoms with Gasteiger partial charge in [-0.15, -0.1) is 0 Å². The van der Waals surface area contributed by atoms with Gasteiger partial charge in [-0.05, 0) is 53.4 Å². The van der Waals surface area contributed by atoms with Gasteiger partial charge >= 0.3 is 5.97 Å². The van der Waals surface area contributed by atoms with Crippen LogP contribution in [-0.4, -0.2) is 33.3 Å². The van der Waals surface area contributed by atoms with Crippen LogP contribution in [0, 0.1) is 19.8 Å². The van der Waals surface area contributed by atoms with Crippen molar-refractivity contribution in [1.82, 2.24) is 15.1 Å². The standard InChI is InChI=1S/C19H31N3O3/c1-12-15(13(2)22(6)21-12)17(23)20-16(14-10-8-7-9-11-14)18(24)25-19(3,4)5/h14,16H,7-11H2,1-6H3,(H,20,23)/t16-/m0/s1. The van der Waals surface area contributed by atoms with Crippen LogP contribution in [0.1, 0.15) is 74.6 Å². The molecule has 1 aliphatic rings. The lowest BCUT2D eigenvalue weighted by atomic mass is 9.83. The van der Waals surface area contributed by atoms with E-state index in [1.165, 1.54) is 6.42 Å². The zero-order chi connectivity index (χ0) is 18.8. The predicted octanol–water partition coefficient (Wildman–Crippen LogP) is 3.06. The molecule has 1 saturated carbocycles. The summed E-state index contributed by atoms with van der Waals surface area (Å²) in [5.74, 6) is -0.457. The molecule has 1 atom stereocenters. The van der Waals surface area contributed by atoms with Gasteiger partial charge in [0.1, 0.15) is 11.6 Å². The second-order valence-corrected chi connectivity index (χ2v) is 8.05. The van der Waals surface area contributed by atoms with Crippen molar-refractivity contribution in [3.05, 3.63) is 17.0 Å². The summed E-state index contributed by atoms with van der Waals surface area (Å²) in [6.45, 7) is 9.21. The predicted molar refractivity (Wildman–Crippen MR) is 96.4 cm³/mol. The number of rotatable bonds is 4. The second-order valence-electron chi connectivity index (χ2n) is 8.05. The van der Waals surface area contributed by atoms with Gasteiger partial charge in [0.25, 0.3) is 5.91 Å². The number of esters is 1. The van der Waals surface area contributed by atoms with Gasteiger partial charge in [-0.2, -0.15) is 5.10 Å². The van der Waals surface area contributed by atoms with Gasteiger partial charge in [0.15, 0.2) is 0 Å². The zero-order valence-corrected chi connectivity index (χ0v) is 16.3. The van der Waals surface area contributed by atoms with E-state index in [2.05, 4.69) is 10.4 Å². The van der Waals surface area contributed by atoms with E-state index in [0.29, 0.717) is 11.3 Å². The number of ether oxygens (including phenoxy) is 1. The minimum absolute atomic E-state index is 0.129. The van der Waals surface area contributed by atoms with E-state index >= 15 is 0 Å². The van der Waals surface area contributed by atoms with E-state index < -0.39 is 11.6 Å². The summed E-state index contributed by atoms with van der Waals surface area (Å²) in [4.78, 5) is 25.6. The molecule has 1 aromatic heterocycles. The average molecular weight is 349 g/mol. The number of carbonyl (C=O) groups is 2. The molecule has 1 amide bonds. The summed E-state index contributed by atoms with van der Waals surface area (Å²) in [5, 5.41) is 7.25. The number of hydrogen-bond acceptors (Lipinski definition) is 4. The third-order valence-corrected chi connectivity index (χ3v) is 4.80. The van der Waals surface area contributed by atoms with Crippen molar-refractivity contribution in [3.8, 4) is 0 Å². The lowest BCUT2D eigenvalue weighted by Crippen LogP contribution is -2.49.